The molecule has 2 heterocycles. The van der Waals surface area contributed by atoms with Crippen molar-refractivity contribution < 1.29 is 18.7 Å². The van der Waals surface area contributed by atoms with Crippen LogP contribution in [0.5, 0.6) is 5.75 Å². The van der Waals surface area contributed by atoms with Crippen molar-refractivity contribution in [1.29, 1.82) is 0 Å². The van der Waals surface area contributed by atoms with Crippen LogP contribution in [0.4, 0.5) is 10.8 Å². The van der Waals surface area contributed by atoms with Gasteiger partial charge in [0.15, 0.2) is 10.9 Å². The Morgan fingerprint density at radius 1 is 1.14 bits per heavy atom. The van der Waals surface area contributed by atoms with E-state index in [0.717, 1.165) is 21.2 Å². The molecule has 0 aliphatic rings. The number of aromatic nitrogens is 1. The SMILES string of the molecule is COc1ccc2oc(C(=O)Nc3nc4ccc(NC(C)=O)cc4s3)c(C)c2c1. The average molecular weight is 395 g/mol. The van der Waals surface area contributed by atoms with Gasteiger partial charge in [0.25, 0.3) is 5.91 Å². The third-order valence-electron chi connectivity index (χ3n) is 4.28. The van der Waals surface area contributed by atoms with Crippen molar-refractivity contribution in [2.45, 2.75) is 13.8 Å². The summed E-state index contributed by atoms with van der Waals surface area (Å²) in [6.07, 6.45) is 0. The lowest BCUT2D eigenvalue weighted by Crippen LogP contribution is -2.11. The van der Waals surface area contributed by atoms with Gasteiger partial charge in [-0.05, 0) is 43.3 Å². The number of nitrogens with one attached hydrogen (secondary N) is 2. The number of ether oxygens (including phenoxy) is 1. The minimum Gasteiger partial charge on any atom is -0.497 e. The lowest BCUT2D eigenvalue weighted by atomic mass is 10.1. The summed E-state index contributed by atoms with van der Waals surface area (Å²) in [5.41, 5.74) is 2.78. The van der Waals surface area contributed by atoms with Crippen molar-refractivity contribution >= 4 is 55.2 Å². The van der Waals surface area contributed by atoms with E-state index < -0.39 is 0 Å². The van der Waals surface area contributed by atoms with Crippen LogP contribution in [-0.4, -0.2) is 23.9 Å². The number of hydrogen-bond acceptors (Lipinski definition) is 6. The summed E-state index contributed by atoms with van der Waals surface area (Å²) in [6, 6.07) is 10.8. The summed E-state index contributed by atoms with van der Waals surface area (Å²) in [5, 5.41) is 6.81. The Labute approximate surface area is 164 Å². The Hall–Kier alpha value is -3.39. The van der Waals surface area contributed by atoms with E-state index in [9.17, 15) is 9.59 Å². The van der Waals surface area contributed by atoms with Gasteiger partial charge in [-0.25, -0.2) is 4.98 Å². The highest BCUT2D eigenvalue weighted by molar-refractivity contribution is 7.22. The fourth-order valence-electron chi connectivity index (χ4n) is 2.96. The summed E-state index contributed by atoms with van der Waals surface area (Å²) in [4.78, 5) is 28.3. The summed E-state index contributed by atoms with van der Waals surface area (Å²) in [7, 11) is 1.59. The Morgan fingerprint density at radius 3 is 2.71 bits per heavy atom. The van der Waals surface area contributed by atoms with Crippen LogP contribution in [0.3, 0.4) is 0 Å². The second-order valence-corrected chi connectivity index (χ2v) is 7.29. The molecule has 0 aliphatic carbocycles. The van der Waals surface area contributed by atoms with Crippen LogP contribution >= 0.6 is 11.3 Å². The molecule has 0 bridgehead atoms. The second-order valence-electron chi connectivity index (χ2n) is 6.26. The highest BCUT2D eigenvalue weighted by atomic mass is 32.1. The molecule has 28 heavy (non-hydrogen) atoms. The molecule has 2 amide bonds. The maximum absolute atomic E-state index is 12.7. The molecule has 4 aromatic rings. The van der Waals surface area contributed by atoms with Gasteiger partial charge in [-0.2, -0.15) is 0 Å². The van der Waals surface area contributed by atoms with Crippen molar-refractivity contribution in [1.82, 2.24) is 4.98 Å². The maximum atomic E-state index is 12.7. The van der Waals surface area contributed by atoms with Gasteiger partial charge in [0.05, 0.1) is 17.3 Å². The monoisotopic (exact) mass is 395 g/mol. The number of furan rings is 1. The number of aryl methyl sites for hydroxylation is 1. The summed E-state index contributed by atoms with van der Waals surface area (Å²) >= 11 is 1.32. The van der Waals surface area contributed by atoms with Gasteiger partial charge >= 0.3 is 0 Å². The Bertz CT molecular complexity index is 1230. The Kier molecular flexibility index (Phi) is 4.48. The minimum atomic E-state index is -0.367. The number of rotatable bonds is 4. The number of amides is 2. The molecule has 0 radical (unpaired) electrons. The number of thiazole rings is 1. The molecule has 0 aliphatic heterocycles. The third-order valence-corrected chi connectivity index (χ3v) is 5.21. The van der Waals surface area contributed by atoms with Crippen LogP contribution in [0, 0.1) is 6.92 Å². The van der Waals surface area contributed by atoms with E-state index >= 15 is 0 Å². The molecule has 0 unspecified atom stereocenters. The van der Waals surface area contributed by atoms with Crippen LogP contribution < -0.4 is 15.4 Å². The van der Waals surface area contributed by atoms with Crippen LogP contribution in [0.1, 0.15) is 23.0 Å². The minimum absolute atomic E-state index is 0.144. The maximum Gasteiger partial charge on any atom is 0.293 e. The predicted molar refractivity (Wildman–Crippen MR) is 109 cm³/mol. The molecule has 0 spiro atoms. The van der Waals surface area contributed by atoms with Crippen molar-refractivity contribution in [3.63, 3.8) is 0 Å². The molecule has 4 rings (SSSR count). The van der Waals surface area contributed by atoms with Crippen LogP contribution in [-0.2, 0) is 4.79 Å². The number of methoxy groups -OCH3 is 1. The number of nitrogens with zero attached hydrogens (tertiary/aromatic N) is 1. The van der Waals surface area contributed by atoms with E-state index in [-0.39, 0.29) is 17.6 Å². The lowest BCUT2D eigenvalue weighted by molar-refractivity contribution is -0.114. The topological polar surface area (TPSA) is 93.5 Å². The molecule has 142 valence electrons. The number of fused-ring (bicyclic) bond motifs is 2. The first kappa shape index (κ1) is 18.0. The second kappa shape index (κ2) is 6.97. The summed E-state index contributed by atoms with van der Waals surface area (Å²) in [6.45, 7) is 3.28. The molecular weight excluding hydrogens is 378 g/mol. The van der Waals surface area contributed by atoms with E-state index in [1.54, 1.807) is 31.4 Å². The zero-order valence-corrected chi connectivity index (χ0v) is 16.3. The van der Waals surface area contributed by atoms with Gasteiger partial charge in [-0.15, -0.1) is 0 Å². The zero-order valence-electron chi connectivity index (χ0n) is 15.5. The van der Waals surface area contributed by atoms with Crippen molar-refractivity contribution in [2.24, 2.45) is 0 Å². The molecule has 0 fully saturated rings. The first-order chi connectivity index (χ1) is 13.4. The van der Waals surface area contributed by atoms with Gasteiger partial charge in [0.2, 0.25) is 5.91 Å². The van der Waals surface area contributed by atoms with E-state index in [4.69, 9.17) is 9.15 Å². The van der Waals surface area contributed by atoms with Gasteiger partial charge in [-0.1, -0.05) is 11.3 Å². The first-order valence-corrected chi connectivity index (χ1v) is 9.33. The summed E-state index contributed by atoms with van der Waals surface area (Å²) < 4.78 is 11.8. The quantitative estimate of drug-likeness (QED) is 0.528. The number of anilines is 2. The first-order valence-electron chi connectivity index (χ1n) is 8.51. The van der Waals surface area contributed by atoms with Gasteiger partial charge < -0.3 is 14.5 Å². The molecular formula is C20H17N3O4S. The van der Waals surface area contributed by atoms with Crippen molar-refractivity contribution in [2.75, 3.05) is 17.7 Å². The standard InChI is InChI=1S/C20H17N3O4S/c1-10-14-9-13(26-3)5-7-16(14)27-18(10)19(25)23-20-22-15-6-4-12(21-11(2)24)8-17(15)28-20/h4-9H,1-3H3,(H,21,24)(H,22,23,25). The van der Waals surface area contributed by atoms with Crippen LogP contribution in [0.15, 0.2) is 40.8 Å². The number of hydrogen-bond donors (Lipinski definition) is 2. The van der Waals surface area contributed by atoms with Crippen molar-refractivity contribution in [3.05, 3.63) is 47.7 Å². The van der Waals surface area contributed by atoms with Crippen molar-refractivity contribution in [3.8, 4) is 5.75 Å². The number of carbonyl (C=O) groups is 2. The molecule has 7 nitrogen and oxygen atoms in total. The van der Waals surface area contributed by atoms with E-state index in [1.807, 2.05) is 19.1 Å². The fourth-order valence-corrected chi connectivity index (χ4v) is 3.86. The normalized spacial score (nSPS) is 11.0. The summed E-state index contributed by atoms with van der Waals surface area (Å²) in [5.74, 6) is 0.425. The predicted octanol–water partition coefficient (Wildman–Crippen LogP) is 4.57. The highest BCUT2D eigenvalue weighted by Crippen LogP contribution is 2.31. The molecule has 0 saturated carbocycles. The number of carbonyl (C=O) groups excluding carboxylic acids is 2. The average Bonchev–Trinajstić information content (AvgIpc) is 3.21. The Balaban J connectivity index is 1.62. The molecule has 0 saturated heterocycles. The molecule has 8 heteroatoms. The Morgan fingerprint density at radius 2 is 1.96 bits per heavy atom. The largest absolute Gasteiger partial charge is 0.497 e. The van der Waals surface area contributed by atoms with Gasteiger partial charge in [-0.3, -0.25) is 14.9 Å². The molecule has 2 N–H and O–H groups in total. The number of benzene rings is 2. The van der Waals surface area contributed by atoms with E-state index in [0.29, 0.717) is 22.2 Å². The fraction of sp³-hybridized carbons (Fsp3) is 0.150. The van der Waals surface area contributed by atoms with Crippen LogP contribution in [0.2, 0.25) is 0 Å². The molecule has 2 aromatic carbocycles. The van der Waals surface area contributed by atoms with Gasteiger partial charge in [0, 0.05) is 23.6 Å². The van der Waals surface area contributed by atoms with Crippen LogP contribution in [0.25, 0.3) is 21.2 Å². The lowest BCUT2D eigenvalue weighted by Gasteiger charge is -1.99. The van der Waals surface area contributed by atoms with E-state index in [2.05, 4.69) is 15.6 Å². The molecule has 0 atom stereocenters. The third kappa shape index (κ3) is 3.29. The highest BCUT2D eigenvalue weighted by Gasteiger charge is 2.19. The smallest absolute Gasteiger partial charge is 0.293 e. The zero-order chi connectivity index (χ0) is 19.8. The van der Waals surface area contributed by atoms with Gasteiger partial charge in [0.1, 0.15) is 11.3 Å². The van der Waals surface area contributed by atoms with E-state index in [1.165, 1.54) is 18.3 Å². The molecule has 2 aromatic heterocycles.